The number of H-pyrrole nitrogens is 1. The summed E-state index contributed by atoms with van der Waals surface area (Å²) in [5, 5.41) is 0. The molecule has 0 unspecified atom stereocenters. The van der Waals surface area contributed by atoms with Gasteiger partial charge in [-0.2, -0.15) is 0 Å². The molecule has 90 valence electrons. The highest BCUT2D eigenvalue weighted by Crippen LogP contribution is 2.20. The Bertz CT molecular complexity index is 658. The molecular weight excluding hydrogens is 230 g/mol. The fourth-order valence-corrected chi connectivity index (χ4v) is 2.13. The van der Waals surface area contributed by atoms with Gasteiger partial charge < -0.3 is 9.72 Å². The molecule has 1 aromatic carbocycles. The van der Waals surface area contributed by atoms with E-state index in [9.17, 15) is 9.59 Å². The first-order valence-electron chi connectivity index (χ1n) is 5.74. The number of benzene rings is 1. The van der Waals surface area contributed by atoms with E-state index in [0.717, 1.165) is 16.8 Å². The maximum absolute atomic E-state index is 11.9. The first-order chi connectivity index (χ1) is 8.75. The van der Waals surface area contributed by atoms with E-state index in [4.69, 9.17) is 4.74 Å². The third-order valence-electron chi connectivity index (χ3n) is 3.01. The van der Waals surface area contributed by atoms with E-state index in [0.29, 0.717) is 13.0 Å². The van der Waals surface area contributed by atoms with Crippen LogP contribution < -0.4 is 5.56 Å². The van der Waals surface area contributed by atoms with Gasteiger partial charge in [0.2, 0.25) is 0 Å². The van der Waals surface area contributed by atoms with Gasteiger partial charge in [-0.1, -0.05) is 30.3 Å². The van der Waals surface area contributed by atoms with Gasteiger partial charge in [-0.15, -0.1) is 0 Å². The molecule has 0 spiro atoms. The van der Waals surface area contributed by atoms with Crippen LogP contribution in [0.3, 0.4) is 0 Å². The minimum atomic E-state index is -0.530. The number of pyridine rings is 1. The third kappa shape index (κ3) is 1.72. The van der Waals surface area contributed by atoms with Crippen molar-refractivity contribution in [1.29, 1.82) is 0 Å². The number of aromatic amines is 1. The summed E-state index contributed by atoms with van der Waals surface area (Å²) in [6.07, 6.45) is 0.588. The lowest BCUT2D eigenvalue weighted by Crippen LogP contribution is -2.27. The molecule has 1 aliphatic heterocycles. The SMILES string of the molecule is O=C1OCCc2cc(-c3ccccc3)[nH]c(=O)c21. The van der Waals surface area contributed by atoms with Crippen molar-refractivity contribution in [3.63, 3.8) is 0 Å². The van der Waals surface area contributed by atoms with Gasteiger partial charge in [0.05, 0.1) is 6.61 Å². The number of ether oxygens (including phenoxy) is 1. The van der Waals surface area contributed by atoms with Crippen LogP contribution in [-0.2, 0) is 11.2 Å². The Labute approximate surface area is 103 Å². The predicted molar refractivity (Wildman–Crippen MR) is 66.5 cm³/mol. The second kappa shape index (κ2) is 4.14. The van der Waals surface area contributed by atoms with Crippen molar-refractivity contribution in [2.45, 2.75) is 6.42 Å². The van der Waals surface area contributed by atoms with E-state index in [1.807, 2.05) is 36.4 Å². The molecule has 0 radical (unpaired) electrons. The minimum Gasteiger partial charge on any atom is -0.462 e. The predicted octanol–water partition coefficient (Wildman–Crippen LogP) is 1.75. The van der Waals surface area contributed by atoms with Crippen LogP contribution in [0.2, 0.25) is 0 Å². The first-order valence-corrected chi connectivity index (χ1v) is 5.74. The van der Waals surface area contributed by atoms with Crippen LogP contribution >= 0.6 is 0 Å². The van der Waals surface area contributed by atoms with E-state index in [1.165, 1.54) is 0 Å². The maximum atomic E-state index is 11.9. The molecule has 2 aromatic rings. The molecule has 0 saturated heterocycles. The van der Waals surface area contributed by atoms with Gasteiger partial charge in [-0.25, -0.2) is 4.79 Å². The molecular formula is C14H11NO3. The Morgan fingerprint density at radius 3 is 2.67 bits per heavy atom. The molecule has 3 rings (SSSR count). The first kappa shape index (κ1) is 10.8. The molecule has 0 aliphatic carbocycles. The highest BCUT2D eigenvalue weighted by atomic mass is 16.5. The number of cyclic esters (lactones) is 1. The number of rotatable bonds is 1. The molecule has 1 aromatic heterocycles. The second-order valence-corrected chi connectivity index (χ2v) is 4.16. The van der Waals surface area contributed by atoms with Crippen molar-refractivity contribution in [2.24, 2.45) is 0 Å². The molecule has 0 saturated carbocycles. The summed E-state index contributed by atoms with van der Waals surface area (Å²) in [6, 6.07) is 11.4. The Kier molecular flexibility index (Phi) is 2.48. The number of esters is 1. The van der Waals surface area contributed by atoms with E-state index >= 15 is 0 Å². The van der Waals surface area contributed by atoms with Gasteiger partial charge >= 0.3 is 5.97 Å². The van der Waals surface area contributed by atoms with Crippen molar-refractivity contribution in [3.8, 4) is 11.3 Å². The van der Waals surface area contributed by atoms with Gasteiger partial charge in [-0.3, -0.25) is 4.79 Å². The summed E-state index contributed by atoms with van der Waals surface area (Å²) in [4.78, 5) is 26.1. The number of aromatic nitrogens is 1. The number of hydrogen-bond donors (Lipinski definition) is 1. The van der Waals surface area contributed by atoms with Crippen molar-refractivity contribution in [3.05, 3.63) is 57.9 Å². The van der Waals surface area contributed by atoms with Crippen LogP contribution in [0, 0.1) is 0 Å². The molecule has 0 fully saturated rings. The third-order valence-corrected chi connectivity index (χ3v) is 3.01. The van der Waals surface area contributed by atoms with Gasteiger partial charge in [-0.05, 0) is 17.2 Å². The van der Waals surface area contributed by atoms with Gasteiger partial charge in [0.15, 0.2) is 0 Å². The van der Waals surface area contributed by atoms with Gasteiger partial charge in [0.1, 0.15) is 5.56 Å². The number of nitrogens with one attached hydrogen (secondary N) is 1. The average Bonchev–Trinajstić information content (AvgIpc) is 2.39. The Morgan fingerprint density at radius 1 is 1.11 bits per heavy atom. The molecule has 0 bridgehead atoms. The zero-order chi connectivity index (χ0) is 12.5. The normalized spacial score (nSPS) is 13.9. The minimum absolute atomic E-state index is 0.140. The summed E-state index contributed by atoms with van der Waals surface area (Å²) in [7, 11) is 0. The fourth-order valence-electron chi connectivity index (χ4n) is 2.13. The highest BCUT2D eigenvalue weighted by Gasteiger charge is 2.23. The Morgan fingerprint density at radius 2 is 1.89 bits per heavy atom. The van der Waals surface area contributed by atoms with E-state index < -0.39 is 5.97 Å². The zero-order valence-corrected chi connectivity index (χ0v) is 9.60. The summed E-state index contributed by atoms with van der Waals surface area (Å²) < 4.78 is 4.87. The maximum Gasteiger partial charge on any atom is 0.344 e. The lowest BCUT2D eigenvalue weighted by atomic mass is 10.0. The lowest BCUT2D eigenvalue weighted by Gasteiger charge is -2.15. The van der Waals surface area contributed by atoms with Gasteiger partial charge in [0, 0.05) is 12.1 Å². The molecule has 4 heteroatoms. The summed E-state index contributed by atoms with van der Waals surface area (Å²) in [5.74, 6) is -0.530. The van der Waals surface area contributed by atoms with E-state index in [2.05, 4.69) is 4.98 Å². The average molecular weight is 241 g/mol. The van der Waals surface area contributed by atoms with Crippen LogP contribution in [0.4, 0.5) is 0 Å². The molecule has 0 amide bonds. The molecule has 1 N–H and O–H groups in total. The molecule has 0 atom stereocenters. The van der Waals surface area contributed by atoms with Crippen LogP contribution in [0.25, 0.3) is 11.3 Å². The number of carbonyl (C=O) groups excluding carboxylic acids is 1. The molecule has 18 heavy (non-hydrogen) atoms. The number of carbonyl (C=O) groups is 1. The summed E-state index contributed by atoms with van der Waals surface area (Å²) in [6.45, 7) is 0.337. The molecule has 2 heterocycles. The van der Waals surface area contributed by atoms with E-state index in [-0.39, 0.29) is 11.1 Å². The van der Waals surface area contributed by atoms with Crippen molar-refractivity contribution >= 4 is 5.97 Å². The standard InChI is InChI=1S/C14H11NO3/c16-13-12-10(6-7-18-14(12)17)8-11(15-13)9-4-2-1-3-5-9/h1-5,8H,6-7H2,(H,15,16). The van der Waals surface area contributed by atoms with Crippen LogP contribution in [-0.4, -0.2) is 17.6 Å². The molecule has 4 nitrogen and oxygen atoms in total. The van der Waals surface area contributed by atoms with Gasteiger partial charge in [0.25, 0.3) is 5.56 Å². The quantitative estimate of drug-likeness (QED) is 0.774. The Balaban J connectivity index is 2.18. The smallest absolute Gasteiger partial charge is 0.344 e. The highest BCUT2D eigenvalue weighted by molar-refractivity contribution is 5.92. The lowest BCUT2D eigenvalue weighted by molar-refractivity contribution is 0.0477. The second-order valence-electron chi connectivity index (χ2n) is 4.16. The van der Waals surface area contributed by atoms with Crippen LogP contribution in [0.5, 0.6) is 0 Å². The van der Waals surface area contributed by atoms with Crippen molar-refractivity contribution < 1.29 is 9.53 Å². The zero-order valence-electron chi connectivity index (χ0n) is 9.60. The monoisotopic (exact) mass is 241 g/mol. The summed E-state index contributed by atoms with van der Waals surface area (Å²) >= 11 is 0. The van der Waals surface area contributed by atoms with Crippen LogP contribution in [0.15, 0.2) is 41.2 Å². The Hall–Kier alpha value is -2.36. The van der Waals surface area contributed by atoms with Crippen molar-refractivity contribution in [2.75, 3.05) is 6.61 Å². The number of fused-ring (bicyclic) bond motifs is 1. The largest absolute Gasteiger partial charge is 0.462 e. The molecule has 1 aliphatic rings. The number of hydrogen-bond acceptors (Lipinski definition) is 3. The van der Waals surface area contributed by atoms with Crippen molar-refractivity contribution in [1.82, 2.24) is 4.98 Å². The van der Waals surface area contributed by atoms with E-state index in [1.54, 1.807) is 0 Å². The van der Waals surface area contributed by atoms with Crippen LogP contribution in [0.1, 0.15) is 15.9 Å². The summed E-state index contributed by atoms with van der Waals surface area (Å²) in [5.41, 5.74) is 2.18. The topological polar surface area (TPSA) is 59.2 Å². The fraction of sp³-hybridized carbons (Fsp3) is 0.143.